The van der Waals surface area contributed by atoms with Crippen molar-refractivity contribution < 1.29 is 4.79 Å². The Hall–Kier alpha value is -2.61. The molecule has 2 heterocycles. The summed E-state index contributed by atoms with van der Waals surface area (Å²) in [4.78, 5) is 12.7. The van der Waals surface area contributed by atoms with E-state index in [0.29, 0.717) is 6.54 Å². The van der Waals surface area contributed by atoms with Gasteiger partial charge in [0.05, 0.1) is 28.9 Å². The van der Waals surface area contributed by atoms with Crippen molar-refractivity contribution in [1.82, 2.24) is 24.5 Å². The average molecular weight is 385 g/mol. The molecule has 1 N–H and O–H groups in total. The zero-order valence-electron chi connectivity index (χ0n) is 16.2. The first-order valence-corrected chi connectivity index (χ1v) is 9.66. The number of rotatable bonds is 6. The van der Waals surface area contributed by atoms with Crippen LogP contribution in [0.3, 0.4) is 0 Å². The number of aromatic nitrogens is 5. The average Bonchev–Trinajstić information content (AvgIpc) is 3.10. The van der Waals surface area contributed by atoms with Gasteiger partial charge in [-0.05, 0) is 33.3 Å². The Labute approximate surface area is 163 Å². The van der Waals surface area contributed by atoms with Crippen LogP contribution < -0.4 is 5.32 Å². The van der Waals surface area contributed by atoms with Crippen molar-refractivity contribution in [3.63, 3.8) is 0 Å². The van der Waals surface area contributed by atoms with Crippen LogP contribution in [0.4, 0.5) is 5.69 Å². The Morgan fingerprint density at radius 3 is 2.52 bits per heavy atom. The van der Waals surface area contributed by atoms with Crippen LogP contribution in [0, 0.1) is 20.8 Å². The molecule has 1 amide bonds. The molecule has 1 atom stereocenters. The molecule has 0 aliphatic rings. The van der Waals surface area contributed by atoms with Gasteiger partial charge < -0.3 is 9.88 Å². The smallest absolute Gasteiger partial charge is 0.237 e. The quantitative estimate of drug-likeness (QED) is 0.661. The van der Waals surface area contributed by atoms with Crippen molar-refractivity contribution in [2.24, 2.45) is 7.05 Å². The standard InChI is InChI=1S/C19H24N6OS/c1-12-17(13(2)24(5)23-12)20-18(26)14(3)27-19-22-21-15(4)25(19)11-16-9-7-6-8-10-16/h6-10,14H,11H2,1-5H3,(H,20,26). The van der Waals surface area contributed by atoms with Gasteiger partial charge in [0.25, 0.3) is 0 Å². The maximum atomic E-state index is 12.7. The van der Waals surface area contributed by atoms with E-state index in [-0.39, 0.29) is 11.2 Å². The van der Waals surface area contributed by atoms with E-state index in [2.05, 4.69) is 32.7 Å². The lowest BCUT2D eigenvalue weighted by atomic mass is 10.2. The largest absolute Gasteiger partial charge is 0.322 e. The number of aryl methyl sites for hydroxylation is 3. The van der Waals surface area contributed by atoms with Crippen molar-refractivity contribution in [3.8, 4) is 0 Å². The van der Waals surface area contributed by atoms with Gasteiger partial charge in [-0.25, -0.2) is 0 Å². The van der Waals surface area contributed by atoms with Crippen LogP contribution >= 0.6 is 11.8 Å². The first-order chi connectivity index (χ1) is 12.9. The summed E-state index contributed by atoms with van der Waals surface area (Å²) in [6.07, 6.45) is 0. The molecule has 0 saturated heterocycles. The third kappa shape index (κ3) is 4.21. The summed E-state index contributed by atoms with van der Waals surface area (Å²) < 4.78 is 3.80. The number of carbonyl (C=O) groups is 1. The molecule has 2 aromatic heterocycles. The fourth-order valence-electron chi connectivity index (χ4n) is 2.79. The molecule has 0 spiro atoms. The summed E-state index contributed by atoms with van der Waals surface area (Å²) in [7, 11) is 1.87. The van der Waals surface area contributed by atoms with Crippen molar-refractivity contribution in [2.45, 2.75) is 44.6 Å². The first kappa shape index (κ1) is 19.2. The topological polar surface area (TPSA) is 77.6 Å². The molecule has 0 aliphatic carbocycles. The van der Waals surface area contributed by atoms with Gasteiger partial charge in [-0.3, -0.25) is 9.48 Å². The van der Waals surface area contributed by atoms with Gasteiger partial charge in [-0.15, -0.1) is 10.2 Å². The van der Waals surface area contributed by atoms with Crippen molar-refractivity contribution in [1.29, 1.82) is 0 Å². The number of benzene rings is 1. The highest BCUT2D eigenvalue weighted by molar-refractivity contribution is 8.00. The highest BCUT2D eigenvalue weighted by atomic mass is 32.2. The minimum atomic E-state index is -0.317. The van der Waals surface area contributed by atoms with E-state index in [1.807, 2.05) is 57.5 Å². The van der Waals surface area contributed by atoms with Gasteiger partial charge in [0.2, 0.25) is 5.91 Å². The number of hydrogen-bond donors (Lipinski definition) is 1. The number of nitrogens with one attached hydrogen (secondary N) is 1. The second-order valence-corrected chi connectivity index (χ2v) is 7.83. The Bertz CT molecular complexity index is 947. The van der Waals surface area contributed by atoms with E-state index >= 15 is 0 Å². The molecule has 1 unspecified atom stereocenters. The number of anilines is 1. The van der Waals surface area contributed by atoms with E-state index in [4.69, 9.17) is 0 Å². The molecule has 0 aliphatic heterocycles. The van der Waals surface area contributed by atoms with Crippen LogP contribution in [-0.4, -0.2) is 35.7 Å². The molecule has 3 aromatic rings. The molecule has 3 rings (SSSR count). The summed E-state index contributed by atoms with van der Waals surface area (Å²) in [5, 5.41) is 16.2. The molecule has 27 heavy (non-hydrogen) atoms. The Balaban J connectivity index is 1.72. The Kier molecular flexibility index (Phi) is 5.65. The number of thioether (sulfide) groups is 1. The molecule has 0 saturated carbocycles. The molecule has 7 nitrogen and oxygen atoms in total. The van der Waals surface area contributed by atoms with Gasteiger partial charge in [0.1, 0.15) is 5.82 Å². The van der Waals surface area contributed by atoms with Crippen molar-refractivity contribution in [3.05, 3.63) is 53.1 Å². The summed E-state index contributed by atoms with van der Waals surface area (Å²) in [5.74, 6) is 0.749. The normalized spacial score (nSPS) is 12.2. The zero-order chi connectivity index (χ0) is 19.6. The highest BCUT2D eigenvalue weighted by Gasteiger charge is 2.21. The lowest BCUT2D eigenvalue weighted by Gasteiger charge is -2.13. The number of hydrogen-bond acceptors (Lipinski definition) is 5. The molecule has 1 aromatic carbocycles. The van der Waals surface area contributed by atoms with Gasteiger partial charge in [0.15, 0.2) is 5.16 Å². The third-order valence-electron chi connectivity index (χ3n) is 4.49. The van der Waals surface area contributed by atoms with Crippen LogP contribution in [0.1, 0.15) is 29.7 Å². The van der Waals surface area contributed by atoms with Crippen LogP contribution in [0.2, 0.25) is 0 Å². The van der Waals surface area contributed by atoms with Crippen LogP contribution in [-0.2, 0) is 18.4 Å². The zero-order valence-corrected chi connectivity index (χ0v) is 17.0. The molecule has 142 valence electrons. The Morgan fingerprint density at radius 1 is 1.19 bits per heavy atom. The van der Waals surface area contributed by atoms with Crippen LogP contribution in [0.25, 0.3) is 0 Å². The maximum absolute atomic E-state index is 12.7. The van der Waals surface area contributed by atoms with Gasteiger partial charge >= 0.3 is 0 Å². The van der Waals surface area contributed by atoms with Gasteiger partial charge in [0, 0.05) is 7.05 Å². The summed E-state index contributed by atoms with van der Waals surface area (Å²) in [6.45, 7) is 8.30. The van der Waals surface area contributed by atoms with Crippen LogP contribution in [0.15, 0.2) is 35.5 Å². The van der Waals surface area contributed by atoms with E-state index in [1.54, 1.807) is 4.68 Å². The molecule has 0 radical (unpaired) electrons. The second kappa shape index (κ2) is 7.96. The predicted octanol–water partition coefficient (Wildman–Crippen LogP) is 3.10. The number of amides is 1. The van der Waals surface area contributed by atoms with E-state index in [0.717, 1.165) is 28.1 Å². The monoisotopic (exact) mass is 384 g/mol. The summed E-state index contributed by atoms with van der Waals surface area (Å²) in [6, 6.07) is 10.1. The van der Waals surface area contributed by atoms with Gasteiger partial charge in [-0.1, -0.05) is 42.1 Å². The SMILES string of the molecule is Cc1nn(C)c(C)c1NC(=O)C(C)Sc1nnc(C)n1Cc1ccccc1. The summed E-state index contributed by atoms with van der Waals surface area (Å²) >= 11 is 1.41. The second-order valence-electron chi connectivity index (χ2n) is 6.52. The van der Waals surface area contributed by atoms with Gasteiger partial charge in [-0.2, -0.15) is 5.10 Å². The minimum absolute atomic E-state index is 0.0777. The predicted molar refractivity (Wildman–Crippen MR) is 107 cm³/mol. The Morgan fingerprint density at radius 2 is 1.89 bits per heavy atom. The first-order valence-electron chi connectivity index (χ1n) is 8.78. The third-order valence-corrected chi connectivity index (χ3v) is 5.57. The molecule has 0 bridgehead atoms. The van der Waals surface area contributed by atoms with E-state index < -0.39 is 0 Å². The molecule has 8 heteroatoms. The van der Waals surface area contributed by atoms with E-state index in [9.17, 15) is 4.79 Å². The fraction of sp³-hybridized carbons (Fsp3) is 0.368. The maximum Gasteiger partial charge on any atom is 0.237 e. The molecular weight excluding hydrogens is 360 g/mol. The fourth-order valence-corrected chi connectivity index (χ4v) is 3.68. The number of carbonyl (C=O) groups excluding carboxylic acids is 1. The van der Waals surface area contributed by atoms with E-state index in [1.165, 1.54) is 17.3 Å². The molecule has 0 fully saturated rings. The minimum Gasteiger partial charge on any atom is -0.322 e. The lowest BCUT2D eigenvalue weighted by Crippen LogP contribution is -2.23. The number of nitrogens with zero attached hydrogens (tertiary/aromatic N) is 5. The summed E-state index contributed by atoms with van der Waals surface area (Å²) in [5.41, 5.74) is 3.68. The molecular formula is C19H24N6OS. The lowest BCUT2D eigenvalue weighted by molar-refractivity contribution is -0.115. The van der Waals surface area contributed by atoms with Crippen molar-refractivity contribution in [2.75, 3.05) is 5.32 Å². The van der Waals surface area contributed by atoms with Crippen LogP contribution in [0.5, 0.6) is 0 Å². The van der Waals surface area contributed by atoms with Crippen molar-refractivity contribution >= 4 is 23.4 Å². The highest BCUT2D eigenvalue weighted by Crippen LogP contribution is 2.25.